The van der Waals surface area contributed by atoms with Crippen LogP contribution in [0.15, 0.2) is 59.0 Å². The van der Waals surface area contributed by atoms with E-state index < -0.39 is 22.5 Å². The third-order valence-corrected chi connectivity index (χ3v) is 7.80. The van der Waals surface area contributed by atoms with Crippen LogP contribution in [0.4, 0.5) is 18.9 Å². The van der Waals surface area contributed by atoms with Crippen molar-refractivity contribution in [1.82, 2.24) is 5.32 Å². The predicted octanol–water partition coefficient (Wildman–Crippen LogP) is 7.72. The first-order valence-corrected chi connectivity index (χ1v) is 15.1. The number of hydrogen-bond donors (Lipinski definition) is 2. The molecule has 0 radical (unpaired) electrons. The summed E-state index contributed by atoms with van der Waals surface area (Å²) >= 11 is 0. The first-order chi connectivity index (χ1) is 18.7. The zero-order valence-electron chi connectivity index (χ0n) is 22.3. The van der Waals surface area contributed by atoms with Crippen LogP contribution in [0.3, 0.4) is 0 Å². The lowest BCUT2D eigenvalue weighted by Crippen LogP contribution is -2.25. The summed E-state index contributed by atoms with van der Waals surface area (Å²) in [7, 11) is -1.18. The molecule has 1 amide bonds. The predicted molar refractivity (Wildman–Crippen MR) is 149 cm³/mol. The van der Waals surface area contributed by atoms with E-state index in [1.54, 1.807) is 18.4 Å². The molecule has 4 rings (SSSR count). The molecule has 39 heavy (non-hydrogen) atoms. The molecule has 1 fully saturated rings. The number of carbonyl (C=O) groups is 1. The minimum atomic E-state index is -4.42. The zero-order chi connectivity index (χ0) is 28.0. The number of amides is 1. The van der Waals surface area contributed by atoms with Gasteiger partial charge in [-0.3, -0.25) is 9.00 Å². The van der Waals surface area contributed by atoms with E-state index >= 15 is 0 Å². The van der Waals surface area contributed by atoms with E-state index in [1.807, 2.05) is 25.1 Å². The number of anilines is 1. The fraction of sp³-hybridized carbons (Fsp3) is 0.433. The molecule has 2 unspecified atom stereocenters. The second-order valence-corrected chi connectivity index (χ2v) is 11.6. The average molecular weight is 561 g/mol. The van der Waals surface area contributed by atoms with Crippen LogP contribution in [0.5, 0.6) is 0 Å². The first-order valence-electron chi connectivity index (χ1n) is 13.4. The van der Waals surface area contributed by atoms with Gasteiger partial charge in [-0.2, -0.15) is 13.2 Å². The molecule has 3 aromatic rings. The van der Waals surface area contributed by atoms with Gasteiger partial charge in [0.2, 0.25) is 0 Å². The summed E-state index contributed by atoms with van der Waals surface area (Å²) in [6.07, 6.45) is 3.48. The summed E-state index contributed by atoms with van der Waals surface area (Å²) in [5.74, 6) is 1.41. The third-order valence-electron chi connectivity index (χ3n) is 7.13. The topological polar surface area (TPSA) is 71.3 Å². The lowest BCUT2D eigenvalue weighted by Gasteiger charge is -2.32. The van der Waals surface area contributed by atoms with Crippen LogP contribution in [0.2, 0.25) is 0 Å². The molecule has 2 aromatic carbocycles. The number of halogens is 3. The number of benzene rings is 2. The van der Waals surface area contributed by atoms with E-state index in [0.717, 1.165) is 55.5 Å². The summed E-state index contributed by atoms with van der Waals surface area (Å²) in [4.78, 5) is 12.3. The molecule has 0 bridgehead atoms. The first kappa shape index (κ1) is 28.9. The fourth-order valence-electron chi connectivity index (χ4n) is 5.12. The van der Waals surface area contributed by atoms with Crippen LogP contribution in [0.25, 0.3) is 11.3 Å². The molecular formula is C30H35F3N2O3S. The molecule has 1 heterocycles. The van der Waals surface area contributed by atoms with Gasteiger partial charge in [-0.1, -0.05) is 38.3 Å². The van der Waals surface area contributed by atoms with Gasteiger partial charge in [0.15, 0.2) is 0 Å². The molecule has 1 aliphatic carbocycles. The number of hydrogen-bond acceptors (Lipinski definition) is 4. The lowest BCUT2D eigenvalue weighted by molar-refractivity contribution is -0.137. The standard InChI is InChI=1S/C30H35F3N2O3S/c1-3-17-34-29(36)22-11-15-24(16-12-22)35-28(21-7-5-4-6-8-21)25-18-26(38-27(25)19-39(2)37)20-9-13-23(14-10-20)30(31,32)33/h9-16,18,21,28,35H,3-8,17,19H2,1-2H3,(H,34,36). The van der Waals surface area contributed by atoms with Gasteiger partial charge in [-0.15, -0.1) is 0 Å². The number of alkyl halides is 3. The Hall–Kier alpha value is -3.07. The van der Waals surface area contributed by atoms with Crippen molar-refractivity contribution in [2.45, 2.75) is 63.4 Å². The number of rotatable bonds is 10. The van der Waals surface area contributed by atoms with Gasteiger partial charge in [0.25, 0.3) is 5.91 Å². The van der Waals surface area contributed by atoms with Crippen LogP contribution in [-0.4, -0.2) is 22.9 Å². The van der Waals surface area contributed by atoms with Crippen molar-refractivity contribution in [1.29, 1.82) is 0 Å². The van der Waals surface area contributed by atoms with Crippen LogP contribution in [-0.2, 0) is 22.7 Å². The van der Waals surface area contributed by atoms with Crippen molar-refractivity contribution in [3.8, 4) is 11.3 Å². The van der Waals surface area contributed by atoms with E-state index in [1.165, 1.54) is 18.6 Å². The second-order valence-electron chi connectivity index (χ2n) is 10.1. The van der Waals surface area contributed by atoms with Gasteiger partial charge in [0, 0.05) is 46.0 Å². The fourth-order valence-corrected chi connectivity index (χ4v) is 5.72. The normalized spacial score (nSPS) is 16.0. The highest BCUT2D eigenvalue weighted by Gasteiger charge is 2.32. The molecule has 1 aromatic heterocycles. The van der Waals surface area contributed by atoms with E-state index in [4.69, 9.17) is 4.42 Å². The molecule has 210 valence electrons. The smallest absolute Gasteiger partial charge is 0.416 e. The Morgan fingerprint density at radius 1 is 1.05 bits per heavy atom. The summed E-state index contributed by atoms with van der Waals surface area (Å²) in [6.45, 7) is 2.62. The van der Waals surface area contributed by atoms with Crippen molar-refractivity contribution in [3.63, 3.8) is 0 Å². The summed E-state index contributed by atoms with van der Waals surface area (Å²) in [5.41, 5.74) is 2.11. The molecular weight excluding hydrogens is 525 g/mol. The van der Waals surface area contributed by atoms with E-state index in [-0.39, 0.29) is 17.7 Å². The zero-order valence-corrected chi connectivity index (χ0v) is 23.1. The van der Waals surface area contributed by atoms with Crippen molar-refractivity contribution in [2.24, 2.45) is 5.92 Å². The highest BCUT2D eigenvalue weighted by atomic mass is 32.2. The Labute approximate surface area is 230 Å². The van der Waals surface area contributed by atoms with E-state index in [0.29, 0.717) is 35.1 Å². The molecule has 0 aliphatic heterocycles. The summed E-state index contributed by atoms with van der Waals surface area (Å²) in [6, 6.07) is 14.0. The Morgan fingerprint density at radius 2 is 1.72 bits per heavy atom. The highest BCUT2D eigenvalue weighted by molar-refractivity contribution is 7.83. The number of carbonyl (C=O) groups excluding carboxylic acids is 1. The van der Waals surface area contributed by atoms with Crippen molar-refractivity contribution in [3.05, 3.63) is 77.0 Å². The van der Waals surface area contributed by atoms with E-state index in [2.05, 4.69) is 10.6 Å². The molecule has 1 saturated carbocycles. The number of furan rings is 1. The second kappa shape index (κ2) is 12.9. The van der Waals surface area contributed by atoms with Crippen LogP contribution < -0.4 is 10.6 Å². The molecule has 5 nitrogen and oxygen atoms in total. The van der Waals surface area contributed by atoms with Gasteiger partial charge in [0.05, 0.1) is 17.4 Å². The minimum absolute atomic E-state index is 0.115. The maximum atomic E-state index is 13.1. The third kappa shape index (κ3) is 7.53. The lowest BCUT2D eigenvalue weighted by atomic mass is 9.81. The molecule has 0 spiro atoms. The van der Waals surface area contributed by atoms with Gasteiger partial charge >= 0.3 is 6.18 Å². The molecule has 1 aliphatic rings. The van der Waals surface area contributed by atoms with Crippen molar-refractivity contribution >= 4 is 22.4 Å². The minimum Gasteiger partial charge on any atom is -0.460 e. The number of nitrogens with one attached hydrogen (secondary N) is 2. The Kier molecular flexibility index (Phi) is 9.53. The quantitative estimate of drug-likeness (QED) is 0.266. The molecule has 0 saturated heterocycles. The van der Waals surface area contributed by atoms with Crippen LogP contribution in [0, 0.1) is 5.92 Å². The molecule has 2 atom stereocenters. The Bertz CT molecular complexity index is 1260. The van der Waals surface area contributed by atoms with Gasteiger partial charge in [-0.25, -0.2) is 0 Å². The maximum absolute atomic E-state index is 13.1. The van der Waals surface area contributed by atoms with Crippen LogP contribution in [0.1, 0.15) is 78.7 Å². The molecule has 2 N–H and O–H groups in total. The van der Waals surface area contributed by atoms with Gasteiger partial charge in [-0.05, 0) is 67.6 Å². The van der Waals surface area contributed by atoms with E-state index in [9.17, 15) is 22.2 Å². The summed E-state index contributed by atoms with van der Waals surface area (Å²) < 4.78 is 57.7. The van der Waals surface area contributed by atoms with Crippen molar-refractivity contribution in [2.75, 3.05) is 18.1 Å². The summed E-state index contributed by atoms with van der Waals surface area (Å²) in [5, 5.41) is 6.52. The van der Waals surface area contributed by atoms with Crippen LogP contribution >= 0.6 is 0 Å². The highest BCUT2D eigenvalue weighted by Crippen LogP contribution is 2.41. The Morgan fingerprint density at radius 3 is 2.31 bits per heavy atom. The molecule has 9 heteroatoms. The monoisotopic (exact) mass is 560 g/mol. The largest absolute Gasteiger partial charge is 0.460 e. The maximum Gasteiger partial charge on any atom is 0.416 e. The SMILES string of the molecule is CCCNC(=O)c1ccc(NC(c2cc(-c3ccc(C(F)(F)F)cc3)oc2CS(C)=O)C2CCCCC2)cc1. The average Bonchev–Trinajstić information content (AvgIpc) is 3.33. The Balaban J connectivity index is 1.67. The van der Waals surface area contributed by atoms with Gasteiger partial charge in [0.1, 0.15) is 11.5 Å². The van der Waals surface area contributed by atoms with Gasteiger partial charge < -0.3 is 15.1 Å². The van der Waals surface area contributed by atoms with Crippen molar-refractivity contribution < 1.29 is 26.6 Å².